The molecule has 25 nitrogen and oxygen atoms in total. The number of esters is 4. The Bertz CT molecular complexity index is 1040. The highest BCUT2D eigenvalue weighted by molar-refractivity contribution is 5.87. The van der Waals surface area contributed by atoms with E-state index in [1.54, 1.807) is 7.05 Å². The first kappa shape index (κ1) is 55.9. The molecule has 0 aliphatic carbocycles. The number of carbonyl (C=O) groups is 10. The van der Waals surface area contributed by atoms with Crippen molar-refractivity contribution in [2.24, 2.45) is 0 Å². The highest BCUT2D eigenvalue weighted by Gasteiger charge is 2.20. The Kier molecular flexibility index (Phi) is 41.2. The predicted molar refractivity (Wildman–Crippen MR) is 174 cm³/mol. The Hall–Kier alpha value is -5.50. The molecule has 0 aromatic rings. The molecule has 0 aliphatic rings. The number of likely N-dealkylation sites (N-methyl/N-ethyl adjacent to an activating group) is 2. The normalized spacial score (nSPS) is 9.00. The molecule has 0 fully saturated rings. The molecule has 0 heterocycles. The number of amides is 2. The summed E-state index contributed by atoms with van der Waals surface area (Å²) < 4.78 is 17.5. The number of carboxylic acid groups (broad SMARTS) is 4. The Morgan fingerprint density at radius 2 is 0.692 bits per heavy atom. The molecule has 0 aliphatic heterocycles. The summed E-state index contributed by atoms with van der Waals surface area (Å²) in [5, 5.41) is 49.6. The van der Waals surface area contributed by atoms with Crippen LogP contribution in [0.1, 0.15) is 0 Å². The number of nitrogens with one attached hydrogen (secondary N) is 4. The van der Waals surface area contributed by atoms with Gasteiger partial charge in [0, 0.05) is 7.11 Å². The smallest absolute Gasteiger partial charge is 0.325 e. The third-order valence-corrected chi connectivity index (χ3v) is 4.66. The third-order valence-electron chi connectivity index (χ3n) is 4.66. The minimum absolute atomic E-state index is 0.0194. The molecule has 0 spiro atoms. The standard InChI is InChI=1S/C9H16N2O5.C7H12N2O5.C6H11NO4.C4H7NO4.CH4O/c1-10-4-7(12)11(5-8(13)15-2)6-9(14)16-3;1-8-2-5(10)9(3-6(11)12)4-7(13)14;1-10-5(8)3-7-4-6(9)11-2;6-3(7)1-5-2-4(8)9;1-2/h10H,4-6H2,1-3H3;8H,2-4H2,1H3,(H,11,12)(H,13,14);7H,3-4H2,1-2H3;5H,1-2H2,(H,6,7)(H,8,9);2H,1H3. The van der Waals surface area contributed by atoms with Crippen molar-refractivity contribution in [3.8, 4) is 0 Å². The number of ether oxygens (including phenoxy) is 4. The van der Waals surface area contributed by atoms with Crippen LogP contribution in [-0.2, 0) is 66.9 Å². The van der Waals surface area contributed by atoms with Gasteiger partial charge in [0.15, 0.2) is 0 Å². The molecule has 0 unspecified atom stereocenters. The summed E-state index contributed by atoms with van der Waals surface area (Å²) in [6.45, 7) is -2.39. The first-order chi connectivity index (χ1) is 24.3. The summed E-state index contributed by atoms with van der Waals surface area (Å²) in [5.41, 5.74) is 0. The van der Waals surface area contributed by atoms with E-state index in [0.717, 1.165) is 16.9 Å². The van der Waals surface area contributed by atoms with Gasteiger partial charge in [-0.15, -0.1) is 0 Å². The van der Waals surface area contributed by atoms with Gasteiger partial charge >= 0.3 is 47.8 Å². The molecular formula is C27H50N6O19. The fourth-order valence-electron chi connectivity index (χ4n) is 2.45. The van der Waals surface area contributed by atoms with Crippen LogP contribution >= 0.6 is 0 Å². The van der Waals surface area contributed by atoms with Gasteiger partial charge in [-0.2, -0.15) is 0 Å². The van der Waals surface area contributed by atoms with E-state index in [-0.39, 0.29) is 58.3 Å². The van der Waals surface area contributed by atoms with Gasteiger partial charge in [0.1, 0.15) is 26.2 Å². The largest absolute Gasteiger partial charge is 0.480 e. The molecule has 2 amide bonds. The van der Waals surface area contributed by atoms with Crippen LogP contribution in [0.4, 0.5) is 0 Å². The van der Waals surface area contributed by atoms with E-state index in [9.17, 15) is 47.9 Å². The molecule has 0 aromatic carbocycles. The van der Waals surface area contributed by atoms with E-state index in [1.807, 2.05) is 0 Å². The zero-order chi connectivity index (χ0) is 41.7. The van der Waals surface area contributed by atoms with Crippen LogP contribution in [0.3, 0.4) is 0 Å². The van der Waals surface area contributed by atoms with Crippen LogP contribution in [0, 0.1) is 0 Å². The van der Waals surface area contributed by atoms with Crippen molar-refractivity contribution in [2.45, 2.75) is 0 Å². The molecule has 0 aromatic heterocycles. The van der Waals surface area contributed by atoms with Gasteiger partial charge in [-0.25, -0.2) is 0 Å². The van der Waals surface area contributed by atoms with Crippen molar-refractivity contribution in [3.63, 3.8) is 0 Å². The molecule has 0 bridgehead atoms. The Balaban J connectivity index is -0.000000189. The number of aliphatic hydroxyl groups is 1. The lowest BCUT2D eigenvalue weighted by Crippen LogP contribution is -2.43. The fraction of sp³-hybridized carbons (Fsp3) is 0.630. The second kappa shape index (κ2) is 38.3. The Morgan fingerprint density at radius 3 is 0.923 bits per heavy atom. The van der Waals surface area contributed by atoms with Gasteiger partial charge in [-0.05, 0) is 14.1 Å². The molecule has 0 saturated carbocycles. The highest BCUT2D eigenvalue weighted by Crippen LogP contribution is 1.93. The number of nitrogens with zero attached hydrogens (tertiary/aromatic N) is 2. The maximum Gasteiger partial charge on any atom is 0.325 e. The maximum absolute atomic E-state index is 11.5. The second-order valence-electron chi connectivity index (χ2n) is 8.65. The first-order valence-corrected chi connectivity index (χ1v) is 14.2. The van der Waals surface area contributed by atoms with Crippen molar-refractivity contribution in [3.05, 3.63) is 0 Å². The predicted octanol–water partition coefficient (Wildman–Crippen LogP) is -6.14. The zero-order valence-electron chi connectivity index (χ0n) is 29.9. The van der Waals surface area contributed by atoms with Crippen molar-refractivity contribution in [2.75, 3.05) is 115 Å². The molecule has 9 N–H and O–H groups in total. The number of rotatable bonds is 20. The minimum atomic E-state index is -1.24. The van der Waals surface area contributed by atoms with Crippen molar-refractivity contribution in [1.82, 2.24) is 31.1 Å². The third kappa shape index (κ3) is 42.5. The van der Waals surface area contributed by atoms with Gasteiger partial charge < -0.3 is 64.9 Å². The maximum atomic E-state index is 11.5. The summed E-state index contributed by atoms with van der Waals surface area (Å²) in [5.74, 6) is -7.53. The van der Waals surface area contributed by atoms with E-state index in [1.165, 1.54) is 35.5 Å². The average Bonchev–Trinajstić information content (AvgIpc) is 3.08. The molecule has 52 heavy (non-hydrogen) atoms. The number of carboxylic acids is 4. The Morgan fingerprint density at radius 1 is 0.423 bits per heavy atom. The van der Waals surface area contributed by atoms with E-state index < -0.39 is 66.8 Å². The van der Waals surface area contributed by atoms with E-state index in [0.29, 0.717) is 0 Å². The second-order valence-corrected chi connectivity index (χ2v) is 8.65. The van der Waals surface area contributed by atoms with Gasteiger partial charge in [0.2, 0.25) is 11.8 Å². The topological polar surface area (TPSA) is 363 Å². The van der Waals surface area contributed by atoms with Crippen LogP contribution in [0.2, 0.25) is 0 Å². The van der Waals surface area contributed by atoms with Crippen molar-refractivity contribution >= 4 is 59.6 Å². The lowest BCUT2D eigenvalue weighted by Gasteiger charge is -2.19. The molecule has 0 saturated heterocycles. The number of methoxy groups -OCH3 is 4. The molecule has 0 radical (unpaired) electrons. The van der Waals surface area contributed by atoms with Crippen LogP contribution < -0.4 is 21.3 Å². The van der Waals surface area contributed by atoms with E-state index in [2.05, 4.69) is 40.2 Å². The van der Waals surface area contributed by atoms with Gasteiger partial charge in [0.25, 0.3) is 0 Å². The molecular weight excluding hydrogens is 712 g/mol. The van der Waals surface area contributed by atoms with Gasteiger partial charge in [-0.1, -0.05) is 0 Å². The summed E-state index contributed by atoms with van der Waals surface area (Å²) in [6.07, 6.45) is 0. The van der Waals surface area contributed by atoms with Gasteiger partial charge in [0.05, 0.1) is 67.7 Å². The number of aliphatic carboxylic acids is 4. The zero-order valence-corrected chi connectivity index (χ0v) is 29.9. The molecule has 0 atom stereocenters. The summed E-state index contributed by atoms with van der Waals surface area (Å²) in [6, 6.07) is 0. The monoisotopic (exact) mass is 762 g/mol. The first-order valence-electron chi connectivity index (χ1n) is 14.2. The number of hydrogen-bond acceptors (Lipinski definition) is 19. The highest BCUT2D eigenvalue weighted by atomic mass is 16.5. The van der Waals surface area contributed by atoms with E-state index >= 15 is 0 Å². The summed E-state index contributed by atoms with van der Waals surface area (Å²) in [4.78, 5) is 107. The number of hydrogen-bond donors (Lipinski definition) is 9. The number of carbonyl (C=O) groups excluding carboxylic acids is 6. The lowest BCUT2D eigenvalue weighted by molar-refractivity contribution is -0.151. The molecule has 0 rings (SSSR count). The lowest BCUT2D eigenvalue weighted by atomic mass is 10.4. The van der Waals surface area contributed by atoms with Crippen molar-refractivity contribution < 1.29 is 92.4 Å². The number of aliphatic hydroxyl groups excluding tert-OH is 1. The van der Waals surface area contributed by atoms with Crippen LogP contribution in [0.25, 0.3) is 0 Å². The quantitative estimate of drug-likeness (QED) is 0.0411. The van der Waals surface area contributed by atoms with Gasteiger partial charge in [-0.3, -0.25) is 58.6 Å². The minimum Gasteiger partial charge on any atom is -0.480 e. The SMILES string of the molecule is CNCC(=O)N(CC(=O)O)CC(=O)O.CNCC(=O)N(CC(=O)OC)CC(=O)OC.CO.COC(=O)CNCC(=O)OC.O=C(O)CNCC(=O)O. The van der Waals surface area contributed by atoms with Crippen LogP contribution in [0.5, 0.6) is 0 Å². The molecule has 25 heteroatoms. The summed E-state index contributed by atoms with van der Waals surface area (Å²) >= 11 is 0. The summed E-state index contributed by atoms with van der Waals surface area (Å²) in [7, 11) is 9.08. The average molecular weight is 763 g/mol. The fourth-order valence-corrected chi connectivity index (χ4v) is 2.45. The van der Waals surface area contributed by atoms with Crippen LogP contribution in [-0.4, -0.2) is 210 Å². The van der Waals surface area contributed by atoms with Crippen molar-refractivity contribution in [1.29, 1.82) is 0 Å². The van der Waals surface area contributed by atoms with E-state index in [4.69, 9.17) is 25.5 Å². The molecule has 302 valence electrons. The Labute approximate surface area is 298 Å². The van der Waals surface area contributed by atoms with Crippen LogP contribution in [0.15, 0.2) is 0 Å².